The first-order valence-electron chi connectivity index (χ1n) is 7.54. The third-order valence-electron chi connectivity index (χ3n) is 3.48. The molecule has 0 aromatic heterocycles. The number of aryl methyl sites for hydroxylation is 1. The zero-order valence-electron chi connectivity index (χ0n) is 13.0. The van der Waals surface area contributed by atoms with Gasteiger partial charge in [0.25, 0.3) is 0 Å². The standard InChI is InChI=1S/C15H24N2O4S/c1-14-2-4-15(5-3-14)22(18,19)17-8-12-20-10-6-16-7-11-21-13-9-17/h2-5,16H,6-13H2,1H3. The van der Waals surface area contributed by atoms with Crippen LogP contribution in [0.1, 0.15) is 5.56 Å². The fourth-order valence-corrected chi connectivity index (χ4v) is 3.57. The fraction of sp³-hybridized carbons (Fsp3) is 0.600. The van der Waals surface area contributed by atoms with Gasteiger partial charge in [0.1, 0.15) is 0 Å². The van der Waals surface area contributed by atoms with Crippen molar-refractivity contribution in [2.75, 3.05) is 52.6 Å². The summed E-state index contributed by atoms with van der Waals surface area (Å²) >= 11 is 0. The molecule has 1 aromatic rings. The van der Waals surface area contributed by atoms with Crippen LogP contribution in [0.5, 0.6) is 0 Å². The molecule has 2 rings (SSSR count). The van der Waals surface area contributed by atoms with Gasteiger partial charge in [-0.1, -0.05) is 17.7 Å². The minimum atomic E-state index is -3.51. The van der Waals surface area contributed by atoms with E-state index < -0.39 is 10.0 Å². The van der Waals surface area contributed by atoms with E-state index in [0.717, 1.165) is 18.7 Å². The Bertz CT molecular complexity index is 533. The molecule has 6 nitrogen and oxygen atoms in total. The Morgan fingerprint density at radius 2 is 1.50 bits per heavy atom. The maximum Gasteiger partial charge on any atom is 0.243 e. The summed E-state index contributed by atoms with van der Waals surface area (Å²) in [5, 5.41) is 3.19. The molecular formula is C15H24N2O4S. The van der Waals surface area contributed by atoms with E-state index in [4.69, 9.17) is 9.47 Å². The van der Waals surface area contributed by atoms with Crippen molar-refractivity contribution in [2.45, 2.75) is 11.8 Å². The molecule has 0 atom stereocenters. The Morgan fingerprint density at radius 3 is 2.05 bits per heavy atom. The maximum absolute atomic E-state index is 12.7. The molecule has 0 spiro atoms. The van der Waals surface area contributed by atoms with Crippen LogP contribution in [0.25, 0.3) is 0 Å². The summed E-state index contributed by atoms with van der Waals surface area (Å²) in [5.74, 6) is 0. The molecule has 1 aliphatic rings. The van der Waals surface area contributed by atoms with Crippen LogP contribution >= 0.6 is 0 Å². The van der Waals surface area contributed by atoms with Crippen LogP contribution in [0.3, 0.4) is 0 Å². The Balaban J connectivity index is 2.08. The average molecular weight is 328 g/mol. The molecule has 1 aliphatic heterocycles. The molecule has 1 N–H and O–H groups in total. The normalized spacial score (nSPS) is 20.0. The zero-order chi connectivity index (χ0) is 15.8. The number of ether oxygens (including phenoxy) is 2. The smallest absolute Gasteiger partial charge is 0.243 e. The number of nitrogens with one attached hydrogen (secondary N) is 1. The summed E-state index contributed by atoms with van der Waals surface area (Å²) in [4.78, 5) is 0.312. The van der Waals surface area contributed by atoms with Crippen LogP contribution in [0.2, 0.25) is 0 Å². The molecule has 1 aromatic carbocycles. The number of hydrogen-bond acceptors (Lipinski definition) is 5. The molecule has 0 amide bonds. The largest absolute Gasteiger partial charge is 0.379 e. The second kappa shape index (κ2) is 8.59. The molecular weight excluding hydrogens is 304 g/mol. The van der Waals surface area contributed by atoms with Gasteiger partial charge in [-0.2, -0.15) is 4.31 Å². The van der Waals surface area contributed by atoms with Crippen molar-refractivity contribution in [1.82, 2.24) is 9.62 Å². The van der Waals surface area contributed by atoms with Gasteiger partial charge in [-0.05, 0) is 19.1 Å². The highest BCUT2D eigenvalue weighted by Crippen LogP contribution is 2.16. The van der Waals surface area contributed by atoms with Crippen molar-refractivity contribution < 1.29 is 17.9 Å². The first-order chi connectivity index (χ1) is 10.6. The number of sulfonamides is 1. The summed E-state index contributed by atoms with van der Waals surface area (Å²) in [6.45, 7) is 5.99. The highest BCUT2D eigenvalue weighted by molar-refractivity contribution is 7.89. The fourth-order valence-electron chi connectivity index (χ4n) is 2.16. The van der Waals surface area contributed by atoms with Gasteiger partial charge in [-0.25, -0.2) is 8.42 Å². The SMILES string of the molecule is Cc1ccc(S(=O)(=O)N2CCOCCNCCOCC2)cc1. The summed E-state index contributed by atoms with van der Waals surface area (Å²) in [6, 6.07) is 6.91. The molecule has 124 valence electrons. The molecule has 0 bridgehead atoms. The maximum atomic E-state index is 12.7. The van der Waals surface area contributed by atoms with E-state index >= 15 is 0 Å². The van der Waals surface area contributed by atoms with Crippen LogP contribution in [0.15, 0.2) is 29.2 Å². The van der Waals surface area contributed by atoms with Gasteiger partial charge >= 0.3 is 0 Å². The second-order valence-electron chi connectivity index (χ2n) is 5.19. The van der Waals surface area contributed by atoms with Crippen LogP contribution in [0, 0.1) is 6.92 Å². The topological polar surface area (TPSA) is 67.9 Å². The monoisotopic (exact) mass is 328 g/mol. The van der Waals surface area contributed by atoms with Crippen molar-refractivity contribution >= 4 is 10.0 Å². The lowest BCUT2D eigenvalue weighted by Crippen LogP contribution is -2.38. The van der Waals surface area contributed by atoms with Crippen molar-refractivity contribution in [2.24, 2.45) is 0 Å². The Morgan fingerprint density at radius 1 is 0.955 bits per heavy atom. The molecule has 0 aliphatic carbocycles. The van der Waals surface area contributed by atoms with Gasteiger partial charge in [0.05, 0.1) is 31.3 Å². The van der Waals surface area contributed by atoms with E-state index in [1.54, 1.807) is 12.1 Å². The minimum absolute atomic E-state index is 0.312. The quantitative estimate of drug-likeness (QED) is 0.862. The van der Waals surface area contributed by atoms with Crippen molar-refractivity contribution in [3.05, 3.63) is 29.8 Å². The van der Waals surface area contributed by atoms with E-state index in [-0.39, 0.29) is 0 Å². The van der Waals surface area contributed by atoms with Gasteiger partial charge in [0.2, 0.25) is 10.0 Å². The summed E-state index contributed by atoms with van der Waals surface area (Å²) in [6.07, 6.45) is 0. The first-order valence-corrected chi connectivity index (χ1v) is 8.98. The van der Waals surface area contributed by atoms with Gasteiger partial charge in [-0.3, -0.25) is 0 Å². The predicted octanol–water partition coefficient (Wildman–Crippen LogP) is 0.622. The Hall–Kier alpha value is -0.990. The Labute approximate surface area is 132 Å². The lowest BCUT2D eigenvalue weighted by atomic mass is 10.2. The highest BCUT2D eigenvalue weighted by Gasteiger charge is 2.24. The van der Waals surface area contributed by atoms with Crippen molar-refractivity contribution in [3.63, 3.8) is 0 Å². The second-order valence-corrected chi connectivity index (χ2v) is 7.13. The number of hydrogen-bond donors (Lipinski definition) is 1. The van der Waals surface area contributed by atoms with E-state index in [9.17, 15) is 8.42 Å². The highest BCUT2D eigenvalue weighted by atomic mass is 32.2. The summed E-state index contributed by atoms with van der Waals surface area (Å²) < 4.78 is 37.8. The molecule has 7 heteroatoms. The van der Waals surface area contributed by atoms with Gasteiger partial charge < -0.3 is 14.8 Å². The number of nitrogens with zero attached hydrogens (tertiary/aromatic N) is 1. The van der Waals surface area contributed by atoms with Crippen LogP contribution in [-0.2, 0) is 19.5 Å². The van der Waals surface area contributed by atoms with Crippen LogP contribution in [-0.4, -0.2) is 65.3 Å². The molecule has 0 radical (unpaired) electrons. The average Bonchev–Trinajstić information content (AvgIpc) is 2.48. The van der Waals surface area contributed by atoms with Gasteiger partial charge in [0.15, 0.2) is 0 Å². The van der Waals surface area contributed by atoms with Gasteiger partial charge in [0, 0.05) is 26.2 Å². The molecule has 22 heavy (non-hydrogen) atoms. The van der Waals surface area contributed by atoms with E-state index in [1.165, 1.54) is 4.31 Å². The molecule has 1 fully saturated rings. The third-order valence-corrected chi connectivity index (χ3v) is 5.39. The number of benzene rings is 1. The summed E-state index contributed by atoms with van der Waals surface area (Å²) in [7, 11) is -3.51. The lowest BCUT2D eigenvalue weighted by molar-refractivity contribution is 0.0896. The Kier molecular flexibility index (Phi) is 6.78. The van der Waals surface area contributed by atoms with E-state index in [0.29, 0.717) is 44.4 Å². The summed E-state index contributed by atoms with van der Waals surface area (Å²) in [5.41, 5.74) is 1.03. The number of rotatable bonds is 2. The van der Waals surface area contributed by atoms with Crippen molar-refractivity contribution in [1.29, 1.82) is 0 Å². The van der Waals surface area contributed by atoms with Crippen molar-refractivity contribution in [3.8, 4) is 0 Å². The van der Waals surface area contributed by atoms with Crippen LogP contribution < -0.4 is 5.32 Å². The predicted molar refractivity (Wildman–Crippen MR) is 84.4 cm³/mol. The molecule has 1 heterocycles. The lowest BCUT2D eigenvalue weighted by Gasteiger charge is -2.23. The van der Waals surface area contributed by atoms with E-state index in [2.05, 4.69) is 5.32 Å². The molecule has 0 unspecified atom stereocenters. The molecule has 1 saturated heterocycles. The molecule has 0 saturated carbocycles. The third kappa shape index (κ3) is 5.03. The first kappa shape index (κ1) is 17.4. The van der Waals surface area contributed by atoms with E-state index in [1.807, 2.05) is 19.1 Å². The minimum Gasteiger partial charge on any atom is -0.379 e. The zero-order valence-corrected chi connectivity index (χ0v) is 13.8. The van der Waals surface area contributed by atoms with Gasteiger partial charge in [-0.15, -0.1) is 0 Å². The van der Waals surface area contributed by atoms with Crippen LogP contribution in [0.4, 0.5) is 0 Å².